The number of ether oxygens (including phenoxy) is 1. The molecule has 0 aliphatic heterocycles. The number of anilines is 1. The highest BCUT2D eigenvalue weighted by molar-refractivity contribution is 9.10. The second kappa shape index (κ2) is 10.2. The molecule has 4 rings (SSSR count). The monoisotopic (exact) mass is 490 g/mol. The number of halogens is 1. The van der Waals surface area contributed by atoms with Crippen molar-refractivity contribution in [1.82, 2.24) is 10.3 Å². The van der Waals surface area contributed by atoms with Gasteiger partial charge >= 0.3 is 0 Å². The molecule has 4 aromatic rings. The summed E-state index contributed by atoms with van der Waals surface area (Å²) in [5, 5.41) is 7.29. The summed E-state index contributed by atoms with van der Waals surface area (Å²) in [6.45, 7) is 0.510. The highest BCUT2D eigenvalue weighted by Gasteiger charge is 2.11. The minimum absolute atomic E-state index is 0.266. The molecule has 0 saturated carbocycles. The van der Waals surface area contributed by atoms with Gasteiger partial charge in [0.15, 0.2) is 0 Å². The first-order valence-corrected chi connectivity index (χ1v) is 11.0. The smallest absolute Gasteiger partial charge is 0.258 e. The van der Waals surface area contributed by atoms with Crippen LogP contribution in [0.25, 0.3) is 10.9 Å². The molecule has 0 saturated heterocycles. The molecule has 162 valence electrons. The molecule has 1 heterocycles. The zero-order valence-electron chi connectivity index (χ0n) is 17.6. The largest absolute Gasteiger partial charge is 0.497 e. The summed E-state index contributed by atoms with van der Waals surface area (Å²) >= 11 is 3.47. The summed E-state index contributed by atoms with van der Waals surface area (Å²) in [7, 11) is 1.57. The predicted molar refractivity (Wildman–Crippen MR) is 133 cm³/mol. The fraction of sp³-hybridized carbons (Fsp3) is 0.120. The van der Waals surface area contributed by atoms with Crippen molar-refractivity contribution in [2.75, 3.05) is 19.0 Å². The number of rotatable bonds is 6. The third kappa shape index (κ3) is 5.36. The van der Waals surface area contributed by atoms with E-state index < -0.39 is 0 Å². The van der Waals surface area contributed by atoms with Crippen LogP contribution in [0.5, 0.6) is 5.75 Å². The number of nitrogens with one attached hydrogen (secondary N) is 3. The molecular weight excluding hydrogens is 468 g/mol. The lowest BCUT2D eigenvalue weighted by Gasteiger charge is -2.12. The number of benzene rings is 3. The highest BCUT2D eigenvalue weighted by atomic mass is 79.9. The van der Waals surface area contributed by atoms with Crippen LogP contribution in [0.15, 0.2) is 88.5 Å². The van der Waals surface area contributed by atoms with Crippen LogP contribution in [0, 0.1) is 0 Å². The molecule has 7 heteroatoms. The molecule has 0 radical (unpaired) electrons. The van der Waals surface area contributed by atoms with Gasteiger partial charge in [-0.15, -0.1) is 0 Å². The van der Waals surface area contributed by atoms with Crippen molar-refractivity contribution in [3.63, 3.8) is 0 Å². The Kier molecular flexibility index (Phi) is 6.87. The Hall–Kier alpha value is -3.58. The van der Waals surface area contributed by atoms with Gasteiger partial charge in [-0.05, 0) is 54.4 Å². The van der Waals surface area contributed by atoms with Crippen molar-refractivity contribution in [2.24, 2.45) is 4.99 Å². The third-order valence-corrected chi connectivity index (χ3v) is 5.47. The number of fused-ring (bicyclic) bond motifs is 1. The molecule has 0 atom stereocenters. The van der Waals surface area contributed by atoms with Crippen LogP contribution in [0.2, 0.25) is 0 Å². The number of nitrogens with zero attached hydrogens (tertiary/aromatic N) is 1. The van der Waals surface area contributed by atoms with Crippen LogP contribution in [0.3, 0.4) is 0 Å². The maximum Gasteiger partial charge on any atom is 0.258 e. The van der Waals surface area contributed by atoms with Crippen molar-refractivity contribution in [2.45, 2.75) is 6.42 Å². The van der Waals surface area contributed by atoms with Gasteiger partial charge in [0.2, 0.25) is 5.96 Å². The van der Waals surface area contributed by atoms with Gasteiger partial charge in [0.25, 0.3) is 5.91 Å². The average Bonchev–Trinajstić information content (AvgIpc) is 3.22. The number of hydrogen-bond acceptors (Lipinski definition) is 3. The number of aromatic nitrogens is 1. The molecule has 0 aliphatic rings. The number of aliphatic imine (C=N–C) groups is 1. The molecular formula is C25H23BrN4O2. The van der Waals surface area contributed by atoms with E-state index in [4.69, 9.17) is 4.74 Å². The number of carbonyl (C=O) groups is 1. The molecule has 0 bridgehead atoms. The van der Waals surface area contributed by atoms with Gasteiger partial charge in [-0.2, -0.15) is 0 Å². The second-order valence-corrected chi connectivity index (χ2v) is 8.08. The minimum atomic E-state index is -0.266. The second-order valence-electron chi connectivity index (χ2n) is 7.16. The van der Waals surface area contributed by atoms with Crippen molar-refractivity contribution in [3.8, 4) is 5.75 Å². The van der Waals surface area contributed by atoms with Crippen LogP contribution < -0.4 is 15.4 Å². The molecule has 3 N–H and O–H groups in total. The Bertz CT molecular complexity index is 1270. The molecule has 3 aromatic carbocycles. The fourth-order valence-electron chi connectivity index (χ4n) is 3.38. The van der Waals surface area contributed by atoms with Crippen molar-refractivity contribution >= 4 is 44.4 Å². The summed E-state index contributed by atoms with van der Waals surface area (Å²) in [5.74, 6) is 0.739. The first-order chi connectivity index (χ1) is 15.6. The Balaban J connectivity index is 1.52. The van der Waals surface area contributed by atoms with Gasteiger partial charge in [-0.1, -0.05) is 46.3 Å². The Morgan fingerprint density at radius 1 is 1.06 bits per heavy atom. The first-order valence-electron chi connectivity index (χ1n) is 10.2. The maximum atomic E-state index is 12.8. The first kappa shape index (κ1) is 21.6. The topological polar surface area (TPSA) is 78.5 Å². The van der Waals surface area contributed by atoms with E-state index in [1.54, 1.807) is 31.4 Å². The minimum Gasteiger partial charge on any atom is -0.497 e. The molecule has 32 heavy (non-hydrogen) atoms. The van der Waals surface area contributed by atoms with E-state index in [0.29, 0.717) is 23.8 Å². The Labute approximate surface area is 194 Å². The molecule has 0 aliphatic carbocycles. The number of guanidine groups is 1. The Morgan fingerprint density at radius 3 is 2.75 bits per heavy atom. The number of methoxy groups -OCH3 is 1. The quantitative estimate of drug-likeness (QED) is 0.250. The van der Waals surface area contributed by atoms with Crippen molar-refractivity contribution < 1.29 is 9.53 Å². The van der Waals surface area contributed by atoms with Gasteiger partial charge in [-0.25, -0.2) is 0 Å². The van der Waals surface area contributed by atoms with Crippen LogP contribution in [-0.2, 0) is 6.42 Å². The van der Waals surface area contributed by atoms with Crippen molar-refractivity contribution in [3.05, 3.63) is 94.6 Å². The van der Waals surface area contributed by atoms with E-state index in [-0.39, 0.29) is 5.91 Å². The molecule has 0 spiro atoms. The van der Waals surface area contributed by atoms with E-state index in [1.807, 2.05) is 42.6 Å². The van der Waals surface area contributed by atoms with Gasteiger partial charge in [0.05, 0.1) is 7.11 Å². The maximum absolute atomic E-state index is 12.8. The average molecular weight is 491 g/mol. The summed E-state index contributed by atoms with van der Waals surface area (Å²) in [5.41, 5.74) is 3.59. The van der Waals surface area contributed by atoms with Gasteiger partial charge < -0.3 is 15.0 Å². The van der Waals surface area contributed by atoms with E-state index in [9.17, 15) is 4.79 Å². The summed E-state index contributed by atoms with van der Waals surface area (Å²) in [6, 6.07) is 22.9. The van der Waals surface area contributed by atoms with Crippen LogP contribution >= 0.6 is 15.9 Å². The van der Waals surface area contributed by atoms with E-state index in [2.05, 4.69) is 48.7 Å². The number of carbonyl (C=O) groups excluding carboxylic acids is 1. The van der Waals surface area contributed by atoms with E-state index in [0.717, 1.165) is 22.1 Å². The summed E-state index contributed by atoms with van der Waals surface area (Å²) < 4.78 is 6.16. The van der Waals surface area contributed by atoms with Gasteiger partial charge in [0.1, 0.15) is 5.75 Å². The van der Waals surface area contributed by atoms with E-state index >= 15 is 0 Å². The molecule has 0 unspecified atom stereocenters. The lowest BCUT2D eigenvalue weighted by molar-refractivity contribution is 0.0976. The van der Waals surface area contributed by atoms with Crippen LogP contribution in [0.4, 0.5) is 5.69 Å². The third-order valence-electron chi connectivity index (χ3n) is 4.98. The number of hydrogen-bond donors (Lipinski definition) is 3. The van der Waals surface area contributed by atoms with Gasteiger partial charge in [-0.3, -0.25) is 15.1 Å². The fourth-order valence-corrected chi connectivity index (χ4v) is 3.78. The molecule has 6 nitrogen and oxygen atoms in total. The number of para-hydroxylation sites is 1. The standard InChI is InChI=1S/C25H23BrN4O2/c1-32-21-9-4-6-17(14-21)24(31)30-25(29-20-8-5-7-19(26)15-20)27-13-12-18-16-28-23-11-3-2-10-22(18)23/h2-11,14-16,28H,12-13H2,1H3,(H2,27,29,30,31). The molecule has 1 aromatic heterocycles. The zero-order chi connectivity index (χ0) is 22.3. The predicted octanol–water partition coefficient (Wildman–Crippen LogP) is 5.38. The van der Waals surface area contributed by atoms with E-state index in [1.165, 1.54) is 10.9 Å². The van der Waals surface area contributed by atoms with Gasteiger partial charge in [0, 0.05) is 39.4 Å². The highest BCUT2D eigenvalue weighted by Crippen LogP contribution is 2.19. The normalized spacial score (nSPS) is 11.4. The SMILES string of the molecule is COc1cccc(C(=O)NC(=NCCc2c[nH]c3ccccc23)Nc2cccc(Br)c2)c1. The van der Waals surface area contributed by atoms with Crippen LogP contribution in [-0.4, -0.2) is 30.5 Å². The zero-order valence-corrected chi connectivity index (χ0v) is 19.1. The Morgan fingerprint density at radius 2 is 1.91 bits per heavy atom. The number of amides is 1. The lowest BCUT2D eigenvalue weighted by atomic mass is 10.1. The lowest BCUT2D eigenvalue weighted by Crippen LogP contribution is -2.36. The number of H-pyrrole nitrogens is 1. The summed E-state index contributed by atoms with van der Waals surface area (Å²) in [6.07, 6.45) is 2.75. The molecule has 0 fully saturated rings. The van der Waals surface area contributed by atoms with Crippen LogP contribution in [0.1, 0.15) is 15.9 Å². The number of aromatic amines is 1. The molecule has 1 amide bonds. The summed E-state index contributed by atoms with van der Waals surface area (Å²) in [4.78, 5) is 20.8. The van der Waals surface area contributed by atoms with Crippen molar-refractivity contribution in [1.29, 1.82) is 0 Å².